The molecule has 5 rings (SSSR count). The lowest BCUT2D eigenvalue weighted by molar-refractivity contribution is 0.268. The number of aromatic nitrogens is 1. The minimum absolute atomic E-state index is 0.454. The molecule has 1 aliphatic heterocycles. The topological polar surface area (TPSA) is 43.4 Å². The lowest BCUT2D eigenvalue weighted by Crippen LogP contribution is -2.02. The molecule has 0 fully saturated rings. The van der Waals surface area contributed by atoms with Crippen LogP contribution in [0.15, 0.2) is 91.0 Å². The van der Waals surface area contributed by atoms with Gasteiger partial charge < -0.3 is 14.8 Å². The van der Waals surface area contributed by atoms with Gasteiger partial charge in [-0.05, 0) is 46.9 Å². The number of nitrogens with one attached hydrogen (secondary N) is 1. The average Bonchev–Trinajstić information content (AvgIpc) is 3.31. The summed E-state index contributed by atoms with van der Waals surface area (Å²) in [4.78, 5) is 4.71. The van der Waals surface area contributed by atoms with Crippen LogP contribution in [0, 0.1) is 0 Å². The second kappa shape index (κ2) is 8.92. The molecule has 0 atom stereocenters. The van der Waals surface area contributed by atoms with Gasteiger partial charge in [-0.25, -0.2) is 0 Å². The molecule has 1 N–H and O–H groups in total. The van der Waals surface area contributed by atoms with E-state index < -0.39 is 0 Å². The Kier molecular flexibility index (Phi) is 5.52. The molecule has 3 aromatic carbocycles. The van der Waals surface area contributed by atoms with Crippen molar-refractivity contribution in [2.24, 2.45) is 0 Å². The van der Waals surface area contributed by atoms with Crippen LogP contribution < -0.4 is 14.8 Å². The molecule has 4 nitrogen and oxygen atoms in total. The number of rotatable bonds is 7. The Morgan fingerprint density at radius 2 is 1.45 bits per heavy atom. The summed E-state index contributed by atoms with van der Waals surface area (Å²) < 4.78 is 12.1. The molecule has 0 saturated heterocycles. The normalized spacial score (nSPS) is 12.1. The molecule has 4 aromatic rings. The Labute approximate surface area is 182 Å². The number of anilines is 1. The zero-order valence-electron chi connectivity index (χ0n) is 17.3. The summed E-state index contributed by atoms with van der Waals surface area (Å²) in [6.07, 6.45) is 1.04. The average molecular weight is 409 g/mol. The van der Waals surface area contributed by atoms with Gasteiger partial charge in [0.25, 0.3) is 0 Å². The first-order valence-electron chi connectivity index (χ1n) is 10.6. The summed E-state index contributed by atoms with van der Waals surface area (Å²) in [5.41, 5.74) is 6.82. The molecular formula is C27H24N2O2. The fourth-order valence-corrected chi connectivity index (χ4v) is 3.76. The maximum Gasteiger partial charge on any atom is 0.225 e. The first kappa shape index (κ1) is 19.2. The largest absolute Gasteiger partial charge is 0.473 e. The molecule has 4 heteroatoms. The molecule has 0 spiro atoms. The zero-order valence-corrected chi connectivity index (χ0v) is 17.3. The van der Waals surface area contributed by atoms with Crippen molar-refractivity contribution in [1.29, 1.82) is 0 Å². The van der Waals surface area contributed by atoms with Crippen molar-refractivity contribution >= 4 is 5.69 Å². The highest BCUT2D eigenvalue weighted by atomic mass is 16.5. The SMILES string of the molecule is c1ccc(COc2ccc(-c3ccc4c(c3)CCN4)c(OCc3ccccc3)n2)cc1. The quantitative estimate of drug-likeness (QED) is 0.415. The van der Waals surface area contributed by atoms with Gasteiger partial charge in [-0.2, -0.15) is 4.98 Å². The van der Waals surface area contributed by atoms with Gasteiger partial charge in [-0.15, -0.1) is 0 Å². The van der Waals surface area contributed by atoms with Crippen molar-refractivity contribution in [3.63, 3.8) is 0 Å². The van der Waals surface area contributed by atoms with Crippen LogP contribution in [0.25, 0.3) is 11.1 Å². The Bertz CT molecular complexity index is 1160. The van der Waals surface area contributed by atoms with E-state index in [1.165, 1.54) is 11.3 Å². The standard InChI is InChI=1S/C27H24N2O2/c1-3-7-20(8-4-1)18-30-26-14-12-24(22-11-13-25-23(17-22)15-16-28-25)27(29-26)31-19-21-9-5-2-6-10-21/h1-14,17,28H,15-16,18-19H2. The lowest BCUT2D eigenvalue weighted by Gasteiger charge is -2.14. The summed E-state index contributed by atoms with van der Waals surface area (Å²) in [6, 6.07) is 30.7. The number of hydrogen-bond donors (Lipinski definition) is 1. The maximum absolute atomic E-state index is 6.18. The summed E-state index contributed by atoms with van der Waals surface area (Å²) in [5.74, 6) is 1.14. The number of fused-ring (bicyclic) bond motifs is 1. The predicted octanol–water partition coefficient (Wildman–Crippen LogP) is 5.87. The van der Waals surface area contributed by atoms with E-state index >= 15 is 0 Å². The van der Waals surface area contributed by atoms with E-state index in [1.807, 2.05) is 60.7 Å². The van der Waals surface area contributed by atoms with Gasteiger partial charge in [0.15, 0.2) is 0 Å². The summed E-state index contributed by atoms with van der Waals surface area (Å²) in [6.45, 7) is 1.91. The number of hydrogen-bond acceptors (Lipinski definition) is 4. The fourth-order valence-electron chi connectivity index (χ4n) is 3.76. The van der Waals surface area contributed by atoms with Crippen molar-refractivity contribution in [1.82, 2.24) is 4.98 Å². The highest BCUT2D eigenvalue weighted by Gasteiger charge is 2.15. The minimum atomic E-state index is 0.454. The lowest BCUT2D eigenvalue weighted by atomic mass is 10.0. The molecule has 0 unspecified atom stereocenters. The molecule has 154 valence electrons. The molecule has 0 saturated carbocycles. The predicted molar refractivity (Wildman–Crippen MR) is 123 cm³/mol. The Hall–Kier alpha value is -3.79. The van der Waals surface area contributed by atoms with Crippen LogP contribution in [0.5, 0.6) is 11.8 Å². The van der Waals surface area contributed by atoms with Crippen LogP contribution >= 0.6 is 0 Å². The number of pyridine rings is 1. The number of benzene rings is 3. The molecule has 0 amide bonds. The molecule has 1 aliphatic rings. The molecule has 1 aromatic heterocycles. The fraction of sp³-hybridized carbons (Fsp3) is 0.148. The van der Waals surface area contributed by atoms with Gasteiger partial charge in [-0.3, -0.25) is 0 Å². The second-order valence-corrected chi connectivity index (χ2v) is 7.60. The zero-order chi connectivity index (χ0) is 20.9. The molecule has 2 heterocycles. The Morgan fingerprint density at radius 3 is 2.19 bits per heavy atom. The molecule has 31 heavy (non-hydrogen) atoms. The van der Waals surface area contributed by atoms with Gasteiger partial charge in [-0.1, -0.05) is 66.7 Å². The van der Waals surface area contributed by atoms with E-state index in [0.717, 1.165) is 35.2 Å². The van der Waals surface area contributed by atoms with E-state index in [0.29, 0.717) is 25.0 Å². The van der Waals surface area contributed by atoms with Crippen LogP contribution in [0.2, 0.25) is 0 Å². The molecular weight excluding hydrogens is 384 g/mol. The van der Waals surface area contributed by atoms with Gasteiger partial charge >= 0.3 is 0 Å². The Balaban J connectivity index is 1.42. The third kappa shape index (κ3) is 4.53. The second-order valence-electron chi connectivity index (χ2n) is 7.60. The van der Waals surface area contributed by atoms with Crippen molar-refractivity contribution in [3.05, 3.63) is 108 Å². The molecule has 0 radical (unpaired) electrons. The van der Waals surface area contributed by atoms with Crippen LogP contribution in [0.3, 0.4) is 0 Å². The Morgan fingerprint density at radius 1 is 0.742 bits per heavy atom. The summed E-state index contributed by atoms with van der Waals surface area (Å²) in [7, 11) is 0. The minimum Gasteiger partial charge on any atom is -0.473 e. The van der Waals surface area contributed by atoms with Gasteiger partial charge in [0.2, 0.25) is 11.8 Å². The van der Waals surface area contributed by atoms with Crippen LogP contribution in [-0.4, -0.2) is 11.5 Å². The van der Waals surface area contributed by atoms with Crippen molar-refractivity contribution in [3.8, 4) is 22.9 Å². The van der Waals surface area contributed by atoms with Gasteiger partial charge in [0.1, 0.15) is 13.2 Å². The van der Waals surface area contributed by atoms with E-state index in [2.05, 4.69) is 35.6 Å². The molecule has 0 aliphatic carbocycles. The summed E-state index contributed by atoms with van der Waals surface area (Å²) >= 11 is 0. The smallest absolute Gasteiger partial charge is 0.225 e. The highest BCUT2D eigenvalue weighted by molar-refractivity contribution is 5.73. The monoisotopic (exact) mass is 408 g/mol. The summed E-state index contributed by atoms with van der Waals surface area (Å²) in [5, 5.41) is 3.41. The van der Waals surface area contributed by atoms with Gasteiger partial charge in [0, 0.05) is 23.9 Å². The number of nitrogens with zero attached hydrogens (tertiary/aromatic N) is 1. The van der Waals surface area contributed by atoms with E-state index in [4.69, 9.17) is 14.5 Å². The maximum atomic E-state index is 6.18. The van der Waals surface area contributed by atoms with Crippen LogP contribution in [0.1, 0.15) is 16.7 Å². The van der Waals surface area contributed by atoms with E-state index in [9.17, 15) is 0 Å². The van der Waals surface area contributed by atoms with Crippen LogP contribution in [0.4, 0.5) is 5.69 Å². The number of ether oxygens (including phenoxy) is 2. The van der Waals surface area contributed by atoms with Crippen molar-refractivity contribution in [2.45, 2.75) is 19.6 Å². The van der Waals surface area contributed by atoms with Crippen molar-refractivity contribution in [2.75, 3.05) is 11.9 Å². The third-order valence-electron chi connectivity index (χ3n) is 5.41. The van der Waals surface area contributed by atoms with E-state index in [1.54, 1.807) is 0 Å². The highest BCUT2D eigenvalue weighted by Crippen LogP contribution is 2.34. The van der Waals surface area contributed by atoms with Crippen molar-refractivity contribution < 1.29 is 9.47 Å². The van der Waals surface area contributed by atoms with Gasteiger partial charge in [0.05, 0.1) is 0 Å². The van der Waals surface area contributed by atoms with E-state index in [-0.39, 0.29) is 0 Å². The molecule has 0 bridgehead atoms. The first-order valence-corrected chi connectivity index (χ1v) is 10.6. The third-order valence-corrected chi connectivity index (χ3v) is 5.41. The van der Waals surface area contributed by atoms with Crippen LogP contribution in [-0.2, 0) is 19.6 Å². The first-order chi connectivity index (χ1) is 15.3.